The third kappa shape index (κ3) is 2.24. The first-order valence-corrected chi connectivity index (χ1v) is 4.49. The van der Waals surface area contributed by atoms with Gasteiger partial charge in [-0.1, -0.05) is 12.2 Å². The van der Waals surface area contributed by atoms with Crippen LogP contribution >= 0.6 is 0 Å². The van der Waals surface area contributed by atoms with E-state index in [1.807, 2.05) is 6.21 Å². The Hall–Kier alpha value is -1.45. The van der Waals surface area contributed by atoms with Crippen molar-refractivity contribution in [3.63, 3.8) is 0 Å². The van der Waals surface area contributed by atoms with Crippen LogP contribution in [-0.2, 0) is 0 Å². The summed E-state index contributed by atoms with van der Waals surface area (Å²) in [6.45, 7) is 0. The van der Waals surface area contributed by atoms with Gasteiger partial charge in [-0.2, -0.15) is 5.10 Å². The standard InChI is InChI=1S/C9H12N4/c1-2-4-9(5-3-1)6-12-13-7-10-11-8-13/h1-2,6-9H,3-5H2/b12-6-/t9-/m0/s1. The van der Waals surface area contributed by atoms with Gasteiger partial charge in [0.2, 0.25) is 0 Å². The molecule has 13 heavy (non-hydrogen) atoms. The largest absolute Gasteiger partial charge is 0.208 e. The van der Waals surface area contributed by atoms with Crippen LogP contribution in [-0.4, -0.2) is 21.1 Å². The number of allylic oxidation sites excluding steroid dienone is 2. The van der Waals surface area contributed by atoms with E-state index in [0.717, 1.165) is 6.42 Å². The lowest BCUT2D eigenvalue weighted by Crippen LogP contribution is -2.04. The van der Waals surface area contributed by atoms with Crippen LogP contribution in [0.2, 0.25) is 0 Å². The summed E-state index contributed by atoms with van der Waals surface area (Å²) in [5.41, 5.74) is 0. The zero-order valence-electron chi connectivity index (χ0n) is 7.37. The molecule has 0 aliphatic heterocycles. The normalized spacial score (nSPS) is 22.6. The monoisotopic (exact) mass is 176 g/mol. The lowest BCUT2D eigenvalue weighted by atomic mass is 9.96. The number of aromatic nitrogens is 3. The Bertz CT molecular complexity index is 299. The van der Waals surface area contributed by atoms with E-state index in [1.165, 1.54) is 12.8 Å². The molecule has 1 aliphatic rings. The molecule has 0 N–H and O–H groups in total. The van der Waals surface area contributed by atoms with Crippen molar-refractivity contribution in [1.82, 2.24) is 14.9 Å². The van der Waals surface area contributed by atoms with E-state index < -0.39 is 0 Å². The summed E-state index contributed by atoms with van der Waals surface area (Å²) >= 11 is 0. The first-order valence-electron chi connectivity index (χ1n) is 4.49. The molecule has 0 radical (unpaired) electrons. The van der Waals surface area contributed by atoms with Crippen LogP contribution in [0.15, 0.2) is 29.9 Å². The molecule has 0 amide bonds. The maximum absolute atomic E-state index is 4.22. The van der Waals surface area contributed by atoms with Crippen LogP contribution in [0.25, 0.3) is 0 Å². The van der Waals surface area contributed by atoms with Gasteiger partial charge in [0.05, 0.1) is 0 Å². The van der Waals surface area contributed by atoms with Gasteiger partial charge in [-0.3, -0.25) is 0 Å². The van der Waals surface area contributed by atoms with Crippen LogP contribution in [0.3, 0.4) is 0 Å². The van der Waals surface area contributed by atoms with Gasteiger partial charge < -0.3 is 0 Å². The van der Waals surface area contributed by atoms with Crippen molar-refractivity contribution in [2.45, 2.75) is 19.3 Å². The molecule has 1 aromatic rings. The zero-order chi connectivity index (χ0) is 8.93. The third-order valence-electron chi connectivity index (χ3n) is 2.13. The summed E-state index contributed by atoms with van der Waals surface area (Å²) in [6.07, 6.45) is 13.1. The molecule has 1 atom stereocenters. The smallest absolute Gasteiger partial charge is 0.141 e. The SMILES string of the molecule is C1=CC[C@H](/C=N\n2cnnc2)CC1. The van der Waals surface area contributed by atoms with E-state index in [9.17, 15) is 0 Å². The molecule has 0 saturated heterocycles. The van der Waals surface area contributed by atoms with E-state index in [1.54, 1.807) is 17.3 Å². The van der Waals surface area contributed by atoms with Gasteiger partial charge in [-0.15, -0.1) is 10.2 Å². The van der Waals surface area contributed by atoms with Gasteiger partial charge in [0.1, 0.15) is 12.7 Å². The van der Waals surface area contributed by atoms with Crippen molar-refractivity contribution < 1.29 is 0 Å². The highest BCUT2D eigenvalue weighted by atomic mass is 15.4. The van der Waals surface area contributed by atoms with Crippen molar-refractivity contribution in [2.75, 3.05) is 0 Å². The highest BCUT2D eigenvalue weighted by molar-refractivity contribution is 5.61. The number of nitrogens with zero attached hydrogens (tertiary/aromatic N) is 4. The molecule has 68 valence electrons. The Balaban J connectivity index is 1.93. The van der Waals surface area contributed by atoms with Crippen molar-refractivity contribution in [3.8, 4) is 0 Å². The Labute approximate surface area is 77.0 Å². The maximum Gasteiger partial charge on any atom is 0.141 e. The van der Waals surface area contributed by atoms with Crippen molar-refractivity contribution >= 4 is 6.21 Å². The number of hydrogen-bond acceptors (Lipinski definition) is 3. The lowest BCUT2D eigenvalue weighted by Gasteiger charge is -2.11. The second kappa shape index (κ2) is 3.98. The van der Waals surface area contributed by atoms with Crippen molar-refractivity contribution in [1.29, 1.82) is 0 Å². The molecular weight excluding hydrogens is 164 g/mol. The first-order chi connectivity index (χ1) is 6.45. The van der Waals surface area contributed by atoms with E-state index in [0.29, 0.717) is 5.92 Å². The van der Waals surface area contributed by atoms with Crippen molar-refractivity contribution in [2.24, 2.45) is 11.0 Å². The molecule has 1 aromatic heterocycles. The van der Waals surface area contributed by atoms with E-state index in [4.69, 9.17) is 0 Å². The van der Waals surface area contributed by atoms with Gasteiger partial charge in [-0.05, 0) is 25.2 Å². The Morgan fingerprint density at radius 3 is 2.85 bits per heavy atom. The topological polar surface area (TPSA) is 43.1 Å². The molecular formula is C9H12N4. The second-order valence-electron chi connectivity index (χ2n) is 3.15. The minimum atomic E-state index is 0.576. The minimum Gasteiger partial charge on any atom is -0.208 e. The lowest BCUT2D eigenvalue weighted by molar-refractivity contribution is 0.622. The van der Waals surface area contributed by atoms with Gasteiger partial charge in [0.15, 0.2) is 0 Å². The zero-order valence-corrected chi connectivity index (χ0v) is 7.37. The molecule has 1 heterocycles. The molecule has 0 bridgehead atoms. The summed E-state index contributed by atoms with van der Waals surface area (Å²) in [6, 6.07) is 0. The fraction of sp³-hybridized carbons (Fsp3) is 0.444. The molecule has 4 heteroatoms. The van der Waals surface area contributed by atoms with Gasteiger partial charge in [0.25, 0.3) is 0 Å². The quantitative estimate of drug-likeness (QED) is 0.506. The highest BCUT2D eigenvalue weighted by Gasteiger charge is 2.05. The Morgan fingerprint density at radius 2 is 2.15 bits per heavy atom. The molecule has 0 unspecified atom stereocenters. The first kappa shape index (κ1) is 8.16. The summed E-state index contributed by atoms with van der Waals surface area (Å²) in [4.78, 5) is 0. The van der Waals surface area contributed by atoms with E-state index >= 15 is 0 Å². The minimum absolute atomic E-state index is 0.576. The summed E-state index contributed by atoms with van der Waals surface area (Å²) < 4.78 is 1.62. The molecule has 0 saturated carbocycles. The summed E-state index contributed by atoms with van der Waals surface area (Å²) in [7, 11) is 0. The average molecular weight is 176 g/mol. The molecule has 0 aromatic carbocycles. The average Bonchev–Trinajstić information content (AvgIpc) is 2.69. The van der Waals surface area contributed by atoms with E-state index in [-0.39, 0.29) is 0 Å². The fourth-order valence-electron chi connectivity index (χ4n) is 1.38. The Kier molecular flexibility index (Phi) is 2.50. The van der Waals surface area contributed by atoms with Gasteiger partial charge in [0, 0.05) is 6.21 Å². The van der Waals surface area contributed by atoms with Crippen LogP contribution in [0, 0.1) is 5.92 Å². The molecule has 0 fully saturated rings. The van der Waals surface area contributed by atoms with Crippen LogP contribution in [0.5, 0.6) is 0 Å². The van der Waals surface area contributed by atoms with Crippen LogP contribution < -0.4 is 0 Å². The van der Waals surface area contributed by atoms with Crippen LogP contribution in [0.4, 0.5) is 0 Å². The molecule has 4 nitrogen and oxygen atoms in total. The van der Waals surface area contributed by atoms with Gasteiger partial charge >= 0.3 is 0 Å². The summed E-state index contributed by atoms with van der Waals surface area (Å²) in [5.74, 6) is 0.576. The van der Waals surface area contributed by atoms with E-state index in [2.05, 4.69) is 27.5 Å². The third-order valence-corrected chi connectivity index (χ3v) is 2.13. The van der Waals surface area contributed by atoms with Gasteiger partial charge in [-0.25, -0.2) is 4.68 Å². The predicted molar refractivity (Wildman–Crippen MR) is 50.4 cm³/mol. The highest BCUT2D eigenvalue weighted by Crippen LogP contribution is 2.15. The fourth-order valence-corrected chi connectivity index (χ4v) is 1.38. The molecule has 1 aliphatic carbocycles. The number of hydrogen-bond donors (Lipinski definition) is 0. The second-order valence-corrected chi connectivity index (χ2v) is 3.15. The maximum atomic E-state index is 4.22. The predicted octanol–water partition coefficient (Wildman–Crippen LogP) is 1.47. The summed E-state index contributed by atoms with van der Waals surface area (Å²) in [5, 5.41) is 11.6. The molecule has 0 spiro atoms. The van der Waals surface area contributed by atoms with Crippen molar-refractivity contribution in [3.05, 3.63) is 24.8 Å². The van der Waals surface area contributed by atoms with Crippen LogP contribution in [0.1, 0.15) is 19.3 Å². The molecule has 2 rings (SSSR count). The Morgan fingerprint density at radius 1 is 1.31 bits per heavy atom. The number of rotatable bonds is 2.